The molecule has 112 valence electrons. The van der Waals surface area contributed by atoms with Crippen LogP contribution in [0.5, 0.6) is 0 Å². The number of nitrogens with one attached hydrogen (secondary N) is 1. The lowest BCUT2D eigenvalue weighted by Crippen LogP contribution is -2.25. The van der Waals surface area contributed by atoms with Crippen molar-refractivity contribution < 1.29 is 8.42 Å². The van der Waals surface area contributed by atoms with Crippen LogP contribution in [0.4, 0.5) is 0 Å². The molecule has 0 spiro atoms. The molecule has 1 aliphatic carbocycles. The minimum atomic E-state index is -2.88. The Morgan fingerprint density at radius 1 is 1.35 bits per heavy atom. The standard InChI is InChI=1S/C16H25NO2S/c1-3-20(18,19)10-9-15(12-17-16-7-8-16)14-6-4-5-13(2)11-14/h4-6,11,15-17H,3,7-10,12H2,1-2H3. The molecule has 0 radical (unpaired) electrons. The average molecular weight is 295 g/mol. The van der Waals surface area contributed by atoms with Crippen LogP contribution in [0.3, 0.4) is 0 Å². The molecule has 0 aromatic heterocycles. The number of hydrogen-bond acceptors (Lipinski definition) is 3. The molecule has 1 aromatic carbocycles. The molecule has 1 unspecified atom stereocenters. The number of benzene rings is 1. The van der Waals surface area contributed by atoms with Crippen LogP contribution >= 0.6 is 0 Å². The Kier molecular flexibility index (Phi) is 5.22. The maximum atomic E-state index is 11.7. The molecule has 1 aromatic rings. The van der Waals surface area contributed by atoms with Crippen LogP contribution in [0.1, 0.15) is 43.2 Å². The summed E-state index contributed by atoms with van der Waals surface area (Å²) in [5.74, 6) is 0.815. The van der Waals surface area contributed by atoms with E-state index in [9.17, 15) is 8.42 Å². The van der Waals surface area contributed by atoms with Crippen LogP contribution < -0.4 is 5.32 Å². The first-order valence-corrected chi connectivity index (χ1v) is 9.32. The van der Waals surface area contributed by atoms with Crippen molar-refractivity contribution in [1.82, 2.24) is 5.32 Å². The van der Waals surface area contributed by atoms with Gasteiger partial charge >= 0.3 is 0 Å². The Hall–Kier alpha value is -0.870. The number of sulfone groups is 1. The van der Waals surface area contributed by atoms with Gasteiger partial charge in [-0.3, -0.25) is 0 Å². The summed E-state index contributed by atoms with van der Waals surface area (Å²) < 4.78 is 23.5. The zero-order valence-electron chi connectivity index (χ0n) is 12.4. The van der Waals surface area contributed by atoms with E-state index in [1.807, 2.05) is 0 Å². The largest absolute Gasteiger partial charge is 0.313 e. The zero-order valence-corrected chi connectivity index (χ0v) is 13.2. The van der Waals surface area contributed by atoms with E-state index in [2.05, 4.69) is 36.5 Å². The maximum absolute atomic E-state index is 11.7. The monoisotopic (exact) mass is 295 g/mol. The Labute approximate surface area is 122 Å². The van der Waals surface area contributed by atoms with Gasteiger partial charge in [-0.2, -0.15) is 0 Å². The molecule has 1 saturated carbocycles. The summed E-state index contributed by atoms with van der Waals surface area (Å²) in [5, 5.41) is 3.53. The first kappa shape index (κ1) is 15.5. The van der Waals surface area contributed by atoms with Gasteiger partial charge in [0, 0.05) is 18.3 Å². The predicted molar refractivity (Wildman–Crippen MR) is 83.9 cm³/mol. The van der Waals surface area contributed by atoms with Crippen LogP contribution in [-0.2, 0) is 9.84 Å². The Bertz CT molecular complexity index is 535. The molecule has 1 N–H and O–H groups in total. The third kappa shape index (κ3) is 4.91. The van der Waals surface area contributed by atoms with Gasteiger partial charge in [-0.05, 0) is 37.7 Å². The molecule has 0 aliphatic heterocycles. The smallest absolute Gasteiger partial charge is 0.150 e. The van der Waals surface area contributed by atoms with E-state index >= 15 is 0 Å². The first-order valence-electron chi connectivity index (χ1n) is 7.50. The van der Waals surface area contributed by atoms with Gasteiger partial charge in [0.05, 0.1) is 5.75 Å². The summed E-state index contributed by atoms with van der Waals surface area (Å²) in [5.41, 5.74) is 2.49. The van der Waals surface area contributed by atoms with E-state index in [1.165, 1.54) is 24.0 Å². The maximum Gasteiger partial charge on any atom is 0.150 e. The summed E-state index contributed by atoms with van der Waals surface area (Å²) in [6, 6.07) is 9.09. The molecule has 20 heavy (non-hydrogen) atoms. The van der Waals surface area contributed by atoms with E-state index < -0.39 is 9.84 Å². The fourth-order valence-corrected chi connectivity index (χ4v) is 3.31. The lowest BCUT2D eigenvalue weighted by atomic mass is 9.95. The fourth-order valence-electron chi connectivity index (χ4n) is 2.37. The van der Waals surface area contributed by atoms with Gasteiger partial charge in [0.2, 0.25) is 0 Å². The van der Waals surface area contributed by atoms with E-state index in [0.717, 1.165) is 6.54 Å². The molecule has 0 amide bonds. The van der Waals surface area contributed by atoms with Crippen LogP contribution in [0, 0.1) is 6.92 Å². The molecule has 1 atom stereocenters. The van der Waals surface area contributed by atoms with Gasteiger partial charge in [-0.1, -0.05) is 36.8 Å². The highest BCUT2D eigenvalue weighted by molar-refractivity contribution is 7.91. The van der Waals surface area contributed by atoms with Gasteiger partial charge in [0.1, 0.15) is 9.84 Å². The van der Waals surface area contributed by atoms with Crippen molar-refractivity contribution in [1.29, 1.82) is 0 Å². The summed E-state index contributed by atoms with van der Waals surface area (Å²) in [7, 11) is -2.88. The molecule has 0 saturated heterocycles. The molecular weight excluding hydrogens is 270 g/mol. The van der Waals surface area contributed by atoms with Crippen LogP contribution in [-0.4, -0.2) is 32.5 Å². The summed E-state index contributed by atoms with van der Waals surface area (Å²) in [4.78, 5) is 0. The lowest BCUT2D eigenvalue weighted by Gasteiger charge is -2.18. The normalized spacial score (nSPS) is 17.1. The van der Waals surface area contributed by atoms with Gasteiger partial charge in [0.25, 0.3) is 0 Å². The Morgan fingerprint density at radius 2 is 2.10 bits per heavy atom. The molecular formula is C16H25NO2S. The van der Waals surface area contributed by atoms with Crippen molar-refractivity contribution in [2.45, 2.75) is 45.1 Å². The zero-order chi connectivity index (χ0) is 14.6. The van der Waals surface area contributed by atoms with Crippen molar-refractivity contribution in [2.24, 2.45) is 0 Å². The quantitative estimate of drug-likeness (QED) is 0.802. The van der Waals surface area contributed by atoms with Crippen molar-refractivity contribution in [2.75, 3.05) is 18.1 Å². The molecule has 1 aliphatic rings. The molecule has 3 nitrogen and oxygen atoms in total. The second-order valence-electron chi connectivity index (χ2n) is 5.82. The van der Waals surface area contributed by atoms with Crippen molar-refractivity contribution in [3.8, 4) is 0 Å². The third-order valence-corrected chi connectivity index (χ3v) is 5.70. The van der Waals surface area contributed by atoms with Crippen molar-refractivity contribution in [3.05, 3.63) is 35.4 Å². The topological polar surface area (TPSA) is 46.2 Å². The average Bonchev–Trinajstić information content (AvgIpc) is 3.23. The van der Waals surface area contributed by atoms with Crippen LogP contribution in [0.2, 0.25) is 0 Å². The summed E-state index contributed by atoms with van der Waals surface area (Å²) >= 11 is 0. The third-order valence-electron chi connectivity index (χ3n) is 3.96. The minimum absolute atomic E-state index is 0.240. The van der Waals surface area contributed by atoms with Gasteiger partial charge in [-0.15, -0.1) is 0 Å². The fraction of sp³-hybridized carbons (Fsp3) is 0.625. The van der Waals surface area contributed by atoms with E-state index in [4.69, 9.17) is 0 Å². The lowest BCUT2D eigenvalue weighted by molar-refractivity contribution is 0.554. The first-order chi connectivity index (χ1) is 9.50. The highest BCUT2D eigenvalue weighted by Gasteiger charge is 2.23. The highest BCUT2D eigenvalue weighted by Crippen LogP contribution is 2.24. The van der Waals surface area contributed by atoms with Gasteiger partial charge in [-0.25, -0.2) is 8.42 Å². The molecule has 0 heterocycles. The SMILES string of the molecule is CCS(=O)(=O)CCC(CNC1CC1)c1cccc(C)c1. The molecule has 1 fully saturated rings. The number of aryl methyl sites for hydroxylation is 1. The Morgan fingerprint density at radius 3 is 2.70 bits per heavy atom. The van der Waals surface area contributed by atoms with Gasteiger partial charge < -0.3 is 5.32 Å². The highest BCUT2D eigenvalue weighted by atomic mass is 32.2. The van der Waals surface area contributed by atoms with Gasteiger partial charge in [0.15, 0.2) is 0 Å². The molecule has 4 heteroatoms. The summed E-state index contributed by atoms with van der Waals surface area (Å²) in [6.07, 6.45) is 3.22. The molecule has 0 bridgehead atoms. The molecule has 2 rings (SSSR count). The number of hydrogen-bond donors (Lipinski definition) is 1. The van der Waals surface area contributed by atoms with Crippen LogP contribution in [0.25, 0.3) is 0 Å². The second kappa shape index (κ2) is 6.72. The van der Waals surface area contributed by atoms with E-state index in [0.29, 0.717) is 12.5 Å². The van der Waals surface area contributed by atoms with Crippen molar-refractivity contribution in [3.63, 3.8) is 0 Å². The Balaban J connectivity index is 2.03. The van der Waals surface area contributed by atoms with Crippen molar-refractivity contribution >= 4 is 9.84 Å². The number of rotatable bonds is 8. The van der Waals surface area contributed by atoms with E-state index in [-0.39, 0.29) is 17.4 Å². The predicted octanol–water partition coefficient (Wildman–Crippen LogP) is 2.66. The second-order valence-corrected chi connectivity index (χ2v) is 8.29. The minimum Gasteiger partial charge on any atom is -0.313 e. The van der Waals surface area contributed by atoms with E-state index in [1.54, 1.807) is 6.92 Å². The summed E-state index contributed by atoms with van der Waals surface area (Å²) in [6.45, 7) is 4.68. The van der Waals surface area contributed by atoms with Crippen LogP contribution in [0.15, 0.2) is 24.3 Å².